The van der Waals surface area contributed by atoms with E-state index in [2.05, 4.69) is 6.07 Å². The molecule has 0 radical (unpaired) electrons. The first kappa shape index (κ1) is 20.3. The van der Waals surface area contributed by atoms with Gasteiger partial charge < -0.3 is 14.6 Å². The summed E-state index contributed by atoms with van der Waals surface area (Å²) >= 11 is 1.24. The van der Waals surface area contributed by atoms with Crippen molar-refractivity contribution < 1.29 is 23.8 Å². The minimum Gasteiger partial charge on any atom is -0.497 e. The molecule has 1 N–H and O–H groups in total. The molecular weight excluding hydrogens is 407 g/mol. The van der Waals surface area contributed by atoms with E-state index < -0.39 is 17.5 Å². The Balaban J connectivity index is 1.83. The molecule has 1 amide bonds. The van der Waals surface area contributed by atoms with Crippen molar-refractivity contribution in [3.05, 3.63) is 70.0 Å². The van der Waals surface area contributed by atoms with Gasteiger partial charge in [0.2, 0.25) is 5.91 Å². The maximum Gasteiger partial charge on any atom is 0.231 e. The number of nitrogens with zero attached hydrogens (tertiary/aromatic N) is 2. The number of methoxy groups -OCH3 is 2. The highest BCUT2D eigenvalue weighted by molar-refractivity contribution is 8.03. The molecule has 0 unspecified atom stereocenters. The topological polar surface area (TPSA) is 82.8 Å². The molecule has 154 valence electrons. The number of hydrogen-bond acceptors (Lipinski definition) is 6. The molecule has 2 aromatic carbocycles. The number of rotatable bonds is 4. The minimum atomic E-state index is -1.64. The molecule has 1 saturated heterocycles. The molecule has 6 nitrogen and oxygen atoms in total. The molecular formula is C22H19FN2O4S. The van der Waals surface area contributed by atoms with Crippen molar-refractivity contribution in [2.24, 2.45) is 0 Å². The van der Waals surface area contributed by atoms with Crippen molar-refractivity contribution in [3.63, 3.8) is 0 Å². The van der Waals surface area contributed by atoms with Gasteiger partial charge in [0.05, 0.1) is 36.6 Å². The lowest BCUT2D eigenvalue weighted by Gasteiger charge is -2.38. The van der Waals surface area contributed by atoms with Crippen LogP contribution >= 0.6 is 11.8 Å². The zero-order chi connectivity index (χ0) is 21.5. The Morgan fingerprint density at radius 2 is 1.97 bits per heavy atom. The van der Waals surface area contributed by atoms with Crippen LogP contribution in [-0.2, 0) is 10.5 Å². The molecule has 30 heavy (non-hydrogen) atoms. The largest absolute Gasteiger partial charge is 0.497 e. The second-order valence-corrected chi connectivity index (χ2v) is 8.00. The van der Waals surface area contributed by atoms with Crippen molar-refractivity contribution in [2.75, 3.05) is 20.0 Å². The fourth-order valence-corrected chi connectivity index (χ4v) is 5.29. The molecule has 0 saturated carbocycles. The highest BCUT2D eigenvalue weighted by Gasteiger charge is 2.52. The van der Waals surface area contributed by atoms with E-state index in [1.165, 1.54) is 48.0 Å². The third-order valence-electron chi connectivity index (χ3n) is 5.43. The number of fused-ring (bicyclic) bond motifs is 1. The van der Waals surface area contributed by atoms with E-state index in [9.17, 15) is 19.6 Å². The number of ether oxygens (including phenoxy) is 2. The lowest BCUT2D eigenvalue weighted by Crippen LogP contribution is -2.48. The zero-order valence-electron chi connectivity index (χ0n) is 16.4. The summed E-state index contributed by atoms with van der Waals surface area (Å²) in [5, 5.41) is 21.7. The predicted molar refractivity (Wildman–Crippen MR) is 109 cm³/mol. The van der Waals surface area contributed by atoms with Gasteiger partial charge in [0.1, 0.15) is 17.3 Å². The first-order valence-electron chi connectivity index (χ1n) is 9.23. The van der Waals surface area contributed by atoms with Crippen molar-refractivity contribution in [1.29, 1.82) is 5.26 Å². The van der Waals surface area contributed by atoms with Gasteiger partial charge in [-0.25, -0.2) is 4.39 Å². The second kappa shape index (κ2) is 7.67. The lowest BCUT2D eigenvalue weighted by molar-refractivity contribution is -0.149. The van der Waals surface area contributed by atoms with E-state index in [0.29, 0.717) is 33.2 Å². The van der Waals surface area contributed by atoms with Crippen LogP contribution in [0, 0.1) is 17.1 Å². The van der Waals surface area contributed by atoms with E-state index in [4.69, 9.17) is 9.47 Å². The number of benzene rings is 2. The zero-order valence-corrected chi connectivity index (χ0v) is 17.2. The van der Waals surface area contributed by atoms with Crippen LogP contribution in [0.3, 0.4) is 0 Å². The molecule has 1 fully saturated rings. The summed E-state index contributed by atoms with van der Waals surface area (Å²) < 4.78 is 24.1. The molecule has 4 rings (SSSR count). The van der Waals surface area contributed by atoms with Crippen LogP contribution in [0.5, 0.6) is 11.5 Å². The van der Waals surface area contributed by atoms with E-state index in [1.54, 1.807) is 25.3 Å². The van der Waals surface area contributed by atoms with Crippen molar-refractivity contribution in [1.82, 2.24) is 4.90 Å². The van der Waals surface area contributed by atoms with Gasteiger partial charge in [0.25, 0.3) is 0 Å². The van der Waals surface area contributed by atoms with Crippen LogP contribution in [0.4, 0.5) is 4.39 Å². The number of carbonyl (C=O) groups excluding carboxylic acids is 1. The molecule has 0 bridgehead atoms. The Labute approximate surface area is 177 Å². The molecule has 0 aromatic heterocycles. The molecule has 0 aliphatic carbocycles. The second-order valence-electron chi connectivity index (χ2n) is 7.04. The van der Waals surface area contributed by atoms with Crippen LogP contribution in [0.25, 0.3) is 0 Å². The molecule has 2 aromatic rings. The predicted octanol–water partition coefficient (Wildman–Crippen LogP) is 3.49. The third kappa shape index (κ3) is 3.11. The van der Waals surface area contributed by atoms with Crippen LogP contribution in [-0.4, -0.2) is 35.9 Å². The Kier molecular flexibility index (Phi) is 5.18. The molecule has 2 atom stereocenters. The Morgan fingerprint density at radius 1 is 1.23 bits per heavy atom. The number of aliphatic hydroxyl groups is 1. The molecule has 8 heteroatoms. The quantitative estimate of drug-likeness (QED) is 0.806. The van der Waals surface area contributed by atoms with Crippen LogP contribution in [0.1, 0.15) is 23.5 Å². The van der Waals surface area contributed by atoms with E-state index in [0.717, 1.165) is 0 Å². The summed E-state index contributed by atoms with van der Waals surface area (Å²) in [5.74, 6) is -0.00130. The summed E-state index contributed by atoms with van der Waals surface area (Å²) in [6.07, 6.45) is -0.0139. The van der Waals surface area contributed by atoms with E-state index >= 15 is 0 Å². The molecule has 0 spiro atoms. The fourth-order valence-electron chi connectivity index (χ4n) is 3.93. The average molecular weight is 426 g/mol. The van der Waals surface area contributed by atoms with Crippen molar-refractivity contribution in [3.8, 4) is 17.6 Å². The third-order valence-corrected chi connectivity index (χ3v) is 6.65. The smallest absolute Gasteiger partial charge is 0.231 e. The Bertz CT molecular complexity index is 1080. The Hall–Kier alpha value is -3.02. The van der Waals surface area contributed by atoms with Gasteiger partial charge in [-0.15, -0.1) is 11.8 Å². The van der Waals surface area contributed by atoms with Crippen molar-refractivity contribution in [2.45, 2.75) is 18.1 Å². The van der Waals surface area contributed by atoms with E-state index in [-0.39, 0.29) is 18.1 Å². The summed E-state index contributed by atoms with van der Waals surface area (Å²) in [6, 6.07) is 12.9. The van der Waals surface area contributed by atoms with Gasteiger partial charge in [-0.3, -0.25) is 9.69 Å². The number of amides is 1. The van der Waals surface area contributed by atoms with Gasteiger partial charge >= 0.3 is 0 Å². The van der Waals surface area contributed by atoms with Gasteiger partial charge in [0, 0.05) is 23.5 Å². The van der Waals surface area contributed by atoms with Crippen LogP contribution < -0.4 is 9.47 Å². The van der Waals surface area contributed by atoms with Crippen LogP contribution in [0.15, 0.2) is 53.1 Å². The highest BCUT2D eigenvalue weighted by atomic mass is 32.2. The minimum absolute atomic E-state index is 0.0139. The number of hydrogen-bond donors (Lipinski definition) is 1. The maximum absolute atomic E-state index is 13.4. The SMILES string of the molecule is COc1ccc(OC)c([C@@H]2CC(=O)N3C(=C2C#N)SC[C@@]3(O)c2ccc(F)cc2)c1. The monoisotopic (exact) mass is 426 g/mol. The molecule has 2 aliphatic heterocycles. The molecule has 2 heterocycles. The summed E-state index contributed by atoms with van der Waals surface area (Å²) in [6.45, 7) is 0. The summed E-state index contributed by atoms with van der Waals surface area (Å²) in [7, 11) is 3.07. The van der Waals surface area contributed by atoms with Gasteiger partial charge in [-0.1, -0.05) is 12.1 Å². The van der Waals surface area contributed by atoms with Gasteiger partial charge in [-0.05, 0) is 30.3 Å². The molecule has 2 aliphatic rings. The van der Waals surface area contributed by atoms with E-state index in [1.807, 2.05) is 0 Å². The lowest BCUT2D eigenvalue weighted by atomic mass is 9.84. The first-order chi connectivity index (χ1) is 14.4. The number of thioether (sulfide) groups is 1. The number of allylic oxidation sites excluding steroid dienone is 1. The number of nitriles is 1. The standard InChI is InChI=1S/C22H19FN2O4S/c1-28-15-7-8-19(29-2)17(9-15)16-10-20(26)25-21(18(16)11-24)30-12-22(25,27)13-3-5-14(23)6-4-13/h3-9,16,27H,10,12H2,1-2H3/t16-,22+/m0/s1. The Morgan fingerprint density at radius 3 is 2.60 bits per heavy atom. The number of halogens is 1. The summed E-state index contributed by atoms with van der Waals surface area (Å²) in [5.41, 5.74) is -0.193. The van der Waals surface area contributed by atoms with Gasteiger partial charge in [-0.2, -0.15) is 5.26 Å². The normalized spacial score (nSPS) is 23.2. The average Bonchev–Trinajstić information content (AvgIpc) is 3.12. The summed E-state index contributed by atoms with van der Waals surface area (Å²) in [4.78, 5) is 14.5. The maximum atomic E-state index is 13.4. The van der Waals surface area contributed by atoms with Gasteiger partial charge in [0.15, 0.2) is 5.72 Å². The van der Waals surface area contributed by atoms with Crippen molar-refractivity contribution >= 4 is 17.7 Å². The number of carbonyl (C=O) groups is 1. The fraction of sp³-hybridized carbons (Fsp3) is 0.273. The van der Waals surface area contributed by atoms with Crippen LogP contribution in [0.2, 0.25) is 0 Å². The highest BCUT2D eigenvalue weighted by Crippen LogP contribution is 2.52. The first-order valence-corrected chi connectivity index (χ1v) is 10.2.